The second kappa shape index (κ2) is 7.72. The van der Waals surface area contributed by atoms with Crippen molar-refractivity contribution >= 4 is 12.1 Å². The van der Waals surface area contributed by atoms with Gasteiger partial charge in [-0.2, -0.15) is 19.5 Å². The molecule has 0 radical (unpaired) electrons. The Hall–Kier alpha value is 0.0900. The fraction of sp³-hybridized carbons (Fsp3) is 0.600. The average Bonchev–Trinajstić information content (AvgIpc) is 1.81. The Morgan fingerprint density at radius 1 is 1.33 bits per heavy atom. The molecule has 0 aliphatic carbocycles. The van der Waals surface area contributed by atoms with Crippen molar-refractivity contribution in [3.8, 4) is 0 Å². The summed E-state index contributed by atoms with van der Waals surface area (Å²) >= 11 is 0. The number of halogens is 3. The minimum Gasteiger partial charge on any atom is -0.870 e. The van der Waals surface area contributed by atoms with Gasteiger partial charge in [-0.15, -0.1) is 0 Å². The van der Waals surface area contributed by atoms with E-state index in [0.29, 0.717) is 0 Å². The minimum absolute atomic E-state index is 0. The number of Topliss-reactive ketones (excluding diaryl/α,β-unsaturated/α-hetero) is 1. The van der Waals surface area contributed by atoms with Crippen LogP contribution >= 0.6 is 0 Å². The Morgan fingerprint density at radius 2 is 1.75 bits per heavy atom. The molecule has 0 aromatic heterocycles. The zero-order chi connectivity index (χ0) is 8.20. The molecule has 0 aromatic rings. The molecule has 0 amide bonds. The molecule has 0 unspecified atom stereocenters. The monoisotopic (exact) mass is 193 g/mol. The quantitative estimate of drug-likeness (QED) is 0.291. The summed E-state index contributed by atoms with van der Waals surface area (Å²) in [6.07, 6.45) is -5.57. The van der Waals surface area contributed by atoms with Gasteiger partial charge in [-0.1, -0.05) is 0 Å². The maximum Gasteiger partial charge on any atom is 1.00 e. The normalized spacial score (nSPS) is 9.25. The van der Waals surface area contributed by atoms with Crippen LogP contribution in [0.1, 0.15) is 12.8 Å². The van der Waals surface area contributed by atoms with Crippen LogP contribution < -0.4 is 29.6 Å². The summed E-state index contributed by atoms with van der Waals surface area (Å²) in [7, 11) is 0. The van der Waals surface area contributed by atoms with E-state index < -0.39 is 24.8 Å². The molecular formula is C5H5F3NaO3-. The third kappa shape index (κ3) is 12.7. The van der Waals surface area contributed by atoms with Gasteiger partial charge in [-0.05, 0) is 6.42 Å². The maximum atomic E-state index is 11.3. The smallest absolute Gasteiger partial charge is 0.870 e. The molecule has 0 aliphatic rings. The van der Waals surface area contributed by atoms with Crippen molar-refractivity contribution in [1.29, 1.82) is 0 Å². The first-order valence-corrected chi connectivity index (χ1v) is 2.43. The summed E-state index contributed by atoms with van der Waals surface area (Å²) in [4.78, 5) is 19.3. The summed E-state index contributed by atoms with van der Waals surface area (Å²) < 4.78 is 33.8. The molecule has 0 heterocycles. The summed E-state index contributed by atoms with van der Waals surface area (Å²) in [5, 5.41) is 0. The number of carbonyl (C=O) groups is 1. The molecule has 12 heavy (non-hydrogen) atoms. The molecule has 0 saturated carbocycles. The van der Waals surface area contributed by atoms with E-state index in [-0.39, 0.29) is 35.0 Å². The number of alkyl halides is 3. The third-order valence-electron chi connectivity index (χ3n) is 0.749. The Balaban J connectivity index is -0.000000405. The van der Waals surface area contributed by atoms with Crippen LogP contribution in [0.5, 0.6) is 0 Å². The molecule has 0 fully saturated rings. The van der Waals surface area contributed by atoms with E-state index in [4.69, 9.17) is 0 Å². The molecule has 0 saturated heterocycles. The van der Waals surface area contributed by atoms with Gasteiger partial charge in [0.2, 0.25) is 0 Å². The number of rotatable bonds is 3. The van der Waals surface area contributed by atoms with Gasteiger partial charge in [-0.3, -0.25) is 0 Å². The summed E-state index contributed by atoms with van der Waals surface area (Å²) in [5.41, 5.74) is 0. The van der Waals surface area contributed by atoms with Crippen molar-refractivity contribution in [2.45, 2.75) is 19.0 Å². The Bertz CT molecular complexity index is 145. The third-order valence-corrected chi connectivity index (χ3v) is 0.749. The fourth-order valence-corrected chi connectivity index (χ4v) is 0.306. The predicted octanol–water partition coefficient (Wildman–Crippen LogP) is -2.17. The van der Waals surface area contributed by atoms with Crippen LogP contribution in [0.15, 0.2) is 0 Å². The van der Waals surface area contributed by atoms with Crippen LogP contribution in [0.2, 0.25) is 0 Å². The van der Waals surface area contributed by atoms with Crippen molar-refractivity contribution in [3.63, 3.8) is 0 Å². The van der Waals surface area contributed by atoms with E-state index in [1.807, 2.05) is 0 Å². The molecule has 7 heteroatoms. The molecule has 0 aliphatic heterocycles. The van der Waals surface area contributed by atoms with Crippen LogP contribution in [0, 0.1) is 0 Å². The summed E-state index contributed by atoms with van der Waals surface area (Å²) in [6, 6.07) is 0. The Morgan fingerprint density at radius 3 is 2.00 bits per heavy atom. The van der Waals surface area contributed by atoms with Crippen molar-refractivity contribution in [1.82, 2.24) is 0 Å². The molecular weight excluding hydrogens is 188 g/mol. The minimum atomic E-state index is -4.37. The SMILES string of the molecule is O=[C-]C(=O)CCC(F)(F)F.[Na+].[OH-]. The molecule has 1 N–H and O–H groups in total. The largest absolute Gasteiger partial charge is 1.00 e. The van der Waals surface area contributed by atoms with Crippen molar-refractivity contribution in [3.05, 3.63) is 0 Å². The Labute approximate surface area is 88.9 Å². The van der Waals surface area contributed by atoms with Gasteiger partial charge in [0.1, 0.15) is 0 Å². The second-order valence-electron chi connectivity index (χ2n) is 1.64. The predicted molar refractivity (Wildman–Crippen MR) is 27.9 cm³/mol. The van der Waals surface area contributed by atoms with Crippen LogP contribution in [-0.4, -0.2) is 23.7 Å². The van der Waals surface area contributed by atoms with Crippen molar-refractivity contribution in [2.75, 3.05) is 0 Å². The van der Waals surface area contributed by atoms with Gasteiger partial charge < -0.3 is 15.1 Å². The summed E-state index contributed by atoms with van der Waals surface area (Å²) in [5.74, 6) is -1.14. The first-order valence-electron chi connectivity index (χ1n) is 2.43. The Kier molecular flexibility index (Phi) is 11.6. The first-order chi connectivity index (χ1) is 4.45. The van der Waals surface area contributed by atoms with E-state index >= 15 is 0 Å². The first kappa shape index (κ1) is 18.0. The van der Waals surface area contributed by atoms with Crippen LogP contribution in [0.4, 0.5) is 13.2 Å². The second-order valence-corrected chi connectivity index (χ2v) is 1.64. The fourth-order valence-electron chi connectivity index (χ4n) is 0.306. The van der Waals surface area contributed by atoms with Crippen LogP contribution in [-0.2, 0) is 9.59 Å². The van der Waals surface area contributed by atoms with Gasteiger partial charge >= 0.3 is 35.7 Å². The zero-order valence-electron chi connectivity index (χ0n) is 6.31. The van der Waals surface area contributed by atoms with Crippen molar-refractivity contribution < 1.29 is 57.8 Å². The average molecular weight is 193 g/mol. The van der Waals surface area contributed by atoms with E-state index in [0.717, 1.165) is 6.29 Å². The molecule has 0 aromatic carbocycles. The number of hydrogen-bond acceptors (Lipinski definition) is 3. The van der Waals surface area contributed by atoms with Gasteiger partial charge in [0.05, 0.1) is 0 Å². The number of carbonyl (C=O) groups excluding carboxylic acids is 2. The molecule has 0 bridgehead atoms. The van der Waals surface area contributed by atoms with E-state index in [1.165, 1.54) is 0 Å². The van der Waals surface area contributed by atoms with Gasteiger partial charge in [0.15, 0.2) is 0 Å². The number of hydrogen-bond donors (Lipinski definition) is 0. The zero-order valence-corrected chi connectivity index (χ0v) is 8.31. The molecule has 3 nitrogen and oxygen atoms in total. The molecule has 66 valence electrons. The van der Waals surface area contributed by atoms with Crippen molar-refractivity contribution in [2.24, 2.45) is 0 Å². The number of ketones is 1. The van der Waals surface area contributed by atoms with Crippen LogP contribution in [0.3, 0.4) is 0 Å². The summed E-state index contributed by atoms with van der Waals surface area (Å²) in [6.45, 7) is 0. The van der Waals surface area contributed by atoms with E-state index in [9.17, 15) is 22.8 Å². The molecule has 0 spiro atoms. The standard InChI is InChI=1S/C5H4F3O2.Na.H2O/c6-5(7,8)2-1-4(10)3-9;;/h1-2H2;;1H2/q-1;+1;/p-1. The van der Waals surface area contributed by atoms with Gasteiger partial charge in [0, 0.05) is 12.2 Å². The van der Waals surface area contributed by atoms with E-state index in [1.54, 1.807) is 0 Å². The topological polar surface area (TPSA) is 64.1 Å². The van der Waals surface area contributed by atoms with Crippen LogP contribution in [0.25, 0.3) is 0 Å². The van der Waals surface area contributed by atoms with Gasteiger partial charge in [0.25, 0.3) is 0 Å². The van der Waals surface area contributed by atoms with Gasteiger partial charge in [-0.25, -0.2) is 0 Å². The maximum absolute atomic E-state index is 11.3. The van der Waals surface area contributed by atoms with E-state index in [2.05, 4.69) is 0 Å². The molecule has 0 rings (SSSR count). The molecule has 0 atom stereocenters.